The summed E-state index contributed by atoms with van der Waals surface area (Å²) in [5.74, 6) is 0. The molecule has 5 heteroatoms. The number of aryl methyl sites for hydroxylation is 3. The Labute approximate surface area is 189 Å². The van der Waals surface area contributed by atoms with Gasteiger partial charge < -0.3 is 37.2 Å². The maximum Gasteiger partial charge on any atom is 4.00 e. The molecule has 25 heavy (non-hydrogen) atoms. The van der Waals surface area contributed by atoms with Crippen molar-refractivity contribution in [2.75, 3.05) is 0 Å². The fraction of sp³-hybridized carbons (Fsp3) is 0.500. The second-order valence-electron chi connectivity index (χ2n) is 6.85. The summed E-state index contributed by atoms with van der Waals surface area (Å²) in [5.41, 5.74) is 5.86. The monoisotopic (exact) mass is 450 g/mol. The molecule has 0 fully saturated rings. The molecule has 0 radical (unpaired) electrons. The molecule has 1 atom stereocenters. The van der Waals surface area contributed by atoms with Crippen LogP contribution in [-0.4, -0.2) is 8.07 Å². The van der Waals surface area contributed by atoms with Gasteiger partial charge in [0, 0.05) is 0 Å². The number of hydrogen-bond donors (Lipinski definition) is 0. The molecule has 1 unspecified atom stereocenters. The molecule has 0 nitrogen and oxygen atoms in total. The normalized spacial score (nSPS) is 14.6. The molecule has 0 spiro atoms. The molecule has 0 saturated heterocycles. The fourth-order valence-corrected chi connectivity index (χ4v) is 9.29. The minimum Gasteiger partial charge on any atom is -1.00 e. The molecule has 0 N–H and O–H groups in total. The summed E-state index contributed by atoms with van der Waals surface area (Å²) in [6.45, 7) is 14.0. The Morgan fingerprint density at radius 1 is 1.00 bits per heavy atom. The second-order valence-corrected chi connectivity index (χ2v) is 11.0. The number of rotatable bonds is 5. The zero-order valence-electron chi connectivity index (χ0n) is 16.2. The predicted molar refractivity (Wildman–Crippen MR) is 96.8 cm³/mol. The van der Waals surface area contributed by atoms with Crippen LogP contribution in [0, 0.1) is 26.8 Å². The van der Waals surface area contributed by atoms with Crippen LogP contribution in [0.2, 0.25) is 12.6 Å². The first kappa shape index (κ1) is 30.2. The Kier molecular flexibility index (Phi) is 15.5. The molecule has 0 aliphatic heterocycles. The first-order chi connectivity index (χ1) is 9.90. The first-order valence-corrected chi connectivity index (χ1v) is 11.0. The molecule has 0 bridgehead atoms. The smallest absolute Gasteiger partial charge is 1.00 e. The summed E-state index contributed by atoms with van der Waals surface area (Å²) in [4.78, 5) is 0. The predicted octanol–water partition coefficient (Wildman–Crippen LogP) is -3.67. The molecule has 1 aromatic carbocycles. The van der Waals surface area contributed by atoms with E-state index in [4.69, 9.17) is 0 Å². The van der Waals surface area contributed by atoms with Crippen LogP contribution < -0.4 is 42.4 Å². The van der Waals surface area contributed by atoms with Crippen molar-refractivity contribution in [1.82, 2.24) is 0 Å². The molecule has 1 aliphatic rings. The van der Waals surface area contributed by atoms with Gasteiger partial charge in [-0.3, -0.25) is 6.08 Å². The Balaban J connectivity index is -0.00000121. The third-order valence-electron chi connectivity index (χ3n) is 4.89. The Bertz CT molecular complexity index is 588. The first-order valence-electron chi connectivity index (χ1n) is 8.27. The van der Waals surface area contributed by atoms with Crippen LogP contribution in [0.25, 0.3) is 0 Å². The largest absolute Gasteiger partial charge is 4.00 e. The zero-order chi connectivity index (χ0) is 15.6. The van der Waals surface area contributed by atoms with Gasteiger partial charge >= 0.3 is 21.7 Å². The molecule has 0 aromatic heterocycles. The summed E-state index contributed by atoms with van der Waals surface area (Å²) in [7, 11) is -1.65. The van der Waals surface area contributed by atoms with E-state index in [1.807, 2.05) is 0 Å². The molecule has 0 heterocycles. The van der Waals surface area contributed by atoms with Crippen molar-refractivity contribution in [2.45, 2.75) is 66.5 Å². The topological polar surface area (TPSA) is 0 Å². The average Bonchev–Trinajstić information content (AvgIpc) is 2.82. The summed E-state index contributed by atoms with van der Waals surface area (Å²) in [6, 6.07) is 6.09. The Hall–Kier alpha value is 0.501. The van der Waals surface area contributed by atoms with E-state index in [0.29, 0.717) is 0 Å². The average molecular weight is 452 g/mol. The molecular weight excluding hydrogens is 423 g/mol. The van der Waals surface area contributed by atoms with E-state index in [1.165, 1.54) is 41.1 Å². The van der Waals surface area contributed by atoms with E-state index in [0.717, 1.165) is 6.42 Å². The van der Waals surface area contributed by atoms with Gasteiger partial charge in [0.1, 0.15) is 0 Å². The molecular formula is C20H29Cl3SiTi. The van der Waals surface area contributed by atoms with Crippen LogP contribution in [0.5, 0.6) is 0 Å². The minimum absolute atomic E-state index is 0. The number of unbranched alkanes of at least 4 members (excludes halogenated alkanes) is 1. The van der Waals surface area contributed by atoms with Crippen molar-refractivity contribution >= 4 is 13.3 Å². The second kappa shape index (κ2) is 12.8. The summed E-state index contributed by atoms with van der Waals surface area (Å²) in [5, 5.41) is 3.24. The van der Waals surface area contributed by atoms with Crippen LogP contribution in [-0.2, 0) is 21.7 Å². The number of allylic oxidation sites excluding steroid dienone is 4. The third kappa shape index (κ3) is 6.56. The van der Waals surface area contributed by atoms with Crippen molar-refractivity contribution in [3.05, 3.63) is 51.7 Å². The van der Waals surface area contributed by atoms with Crippen molar-refractivity contribution in [3.8, 4) is 0 Å². The van der Waals surface area contributed by atoms with E-state index in [9.17, 15) is 0 Å². The molecule has 0 saturated carbocycles. The maximum atomic E-state index is 3.71. The Morgan fingerprint density at radius 3 is 1.92 bits per heavy atom. The van der Waals surface area contributed by atoms with Gasteiger partial charge in [0.05, 0.1) is 8.07 Å². The minimum atomic E-state index is -1.65. The molecule has 1 aliphatic carbocycles. The maximum absolute atomic E-state index is 3.71. The summed E-state index contributed by atoms with van der Waals surface area (Å²) >= 11 is 0. The van der Waals surface area contributed by atoms with E-state index in [1.54, 1.807) is 10.4 Å². The summed E-state index contributed by atoms with van der Waals surface area (Å²) < 4.78 is 0. The van der Waals surface area contributed by atoms with Crippen molar-refractivity contribution < 1.29 is 58.9 Å². The van der Waals surface area contributed by atoms with Crippen LogP contribution in [0.4, 0.5) is 0 Å². The van der Waals surface area contributed by atoms with Gasteiger partial charge in [0.25, 0.3) is 0 Å². The van der Waals surface area contributed by atoms with Crippen molar-refractivity contribution in [3.63, 3.8) is 0 Å². The van der Waals surface area contributed by atoms with E-state index >= 15 is 0 Å². The quantitative estimate of drug-likeness (QED) is 0.320. The van der Waals surface area contributed by atoms with Gasteiger partial charge in [-0.05, 0) is 20.8 Å². The van der Waals surface area contributed by atoms with Crippen LogP contribution in [0.1, 0.15) is 49.8 Å². The van der Waals surface area contributed by atoms with E-state index < -0.39 is 8.07 Å². The molecule has 2 rings (SSSR count). The number of benzene rings is 1. The standard InChI is InChI=1S/C20H29Si.3ClH.Ti/c1-7-8-12-21(6,19-11-9-10-16(19)3)20-17(4)13-15(2)14-18(20)5;;;;/h10,13-14H,7-9,12H2,1-6H3;3*1H;/q-1;;;;+4/p-3. The SMILES string of the molecule is CCCC[Si](C)(C1=[C-]CC=C1C)c1c(C)cc(C)cc1C.[Cl-].[Cl-].[Cl-].[Ti+4]. The van der Waals surface area contributed by atoms with Gasteiger partial charge in [0.15, 0.2) is 0 Å². The van der Waals surface area contributed by atoms with Crippen molar-refractivity contribution in [2.24, 2.45) is 0 Å². The van der Waals surface area contributed by atoms with Gasteiger partial charge in [-0.2, -0.15) is 6.08 Å². The third-order valence-corrected chi connectivity index (χ3v) is 9.81. The van der Waals surface area contributed by atoms with Crippen LogP contribution in [0.3, 0.4) is 0 Å². The van der Waals surface area contributed by atoms with Gasteiger partial charge in [-0.25, -0.2) is 10.8 Å². The van der Waals surface area contributed by atoms with Gasteiger partial charge in [0.2, 0.25) is 0 Å². The van der Waals surface area contributed by atoms with Crippen LogP contribution in [0.15, 0.2) is 29.0 Å². The van der Waals surface area contributed by atoms with E-state index in [2.05, 4.69) is 65.5 Å². The van der Waals surface area contributed by atoms with Crippen molar-refractivity contribution in [1.29, 1.82) is 0 Å². The van der Waals surface area contributed by atoms with Gasteiger partial charge in [-0.15, -0.1) is 13.3 Å². The number of hydrogen-bond acceptors (Lipinski definition) is 0. The van der Waals surface area contributed by atoms with Gasteiger partial charge in [-0.1, -0.05) is 66.4 Å². The van der Waals surface area contributed by atoms with E-state index in [-0.39, 0.29) is 58.9 Å². The molecule has 1 aromatic rings. The zero-order valence-corrected chi connectivity index (χ0v) is 21.0. The van der Waals surface area contributed by atoms with Crippen LogP contribution >= 0.6 is 0 Å². The molecule has 0 amide bonds. The summed E-state index contributed by atoms with van der Waals surface area (Å²) in [6.07, 6.45) is 9.68. The fourth-order valence-electron chi connectivity index (χ4n) is 4.13. The number of halogens is 3. The Morgan fingerprint density at radius 2 is 1.52 bits per heavy atom. The molecule has 138 valence electrons.